The quantitative estimate of drug-likeness (QED) is 0.790. The van der Waals surface area contributed by atoms with Crippen LogP contribution in [0.25, 0.3) is 11.1 Å². The first-order valence-electron chi connectivity index (χ1n) is 7.18. The van der Waals surface area contributed by atoms with Crippen molar-refractivity contribution in [3.63, 3.8) is 0 Å². The van der Waals surface area contributed by atoms with E-state index in [2.05, 4.69) is 19.0 Å². The van der Waals surface area contributed by atoms with E-state index in [-0.39, 0.29) is 0 Å². The Kier molecular flexibility index (Phi) is 5.07. The van der Waals surface area contributed by atoms with Crippen LogP contribution in [0.3, 0.4) is 0 Å². The highest BCUT2D eigenvalue weighted by Gasteiger charge is 2.22. The van der Waals surface area contributed by atoms with Crippen LogP contribution in [0.2, 0.25) is 5.02 Å². The molecule has 0 saturated carbocycles. The second-order valence-electron chi connectivity index (χ2n) is 5.06. The molecule has 0 aliphatic rings. The smallest absolute Gasteiger partial charge is 0.175 e. The fourth-order valence-corrected chi connectivity index (χ4v) is 2.69. The van der Waals surface area contributed by atoms with Gasteiger partial charge in [-0.3, -0.25) is 0 Å². The number of benzene rings is 1. The lowest BCUT2D eigenvalue weighted by Crippen LogP contribution is -1.99. The topological polar surface area (TPSA) is 52.0 Å². The predicted molar refractivity (Wildman–Crippen MR) is 83.9 cm³/mol. The van der Waals surface area contributed by atoms with Gasteiger partial charge in [0.05, 0.1) is 5.56 Å². The zero-order chi connectivity index (χ0) is 14.5. The summed E-state index contributed by atoms with van der Waals surface area (Å²) in [4.78, 5) is 0. The molecule has 0 saturated heterocycles. The van der Waals surface area contributed by atoms with Crippen molar-refractivity contribution in [2.24, 2.45) is 0 Å². The van der Waals surface area contributed by atoms with Gasteiger partial charge in [-0.25, -0.2) is 0 Å². The van der Waals surface area contributed by atoms with Gasteiger partial charge in [0.1, 0.15) is 5.76 Å². The molecule has 0 spiro atoms. The number of aromatic nitrogens is 1. The molecule has 0 aliphatic carbocycles. The molecule has 1 atom stereocenters. The molecule has 4 heteroatoms. The fraction of sp³-hybridized carbons (Fsp3) is 0.438. The van der Waals surface area contributed by atoms with Crippen molar-refractivity contribution in [2.45, 2.75) is 45.4 Å². The van der Waals surface area contributed by atoms with E-state index in [4.69, 9.17) is 21.9 Å². The maximum atomic E-state index is 6.07. The van der Waals surface area contributed by atoms with Crippen molar-refractivity contribution in [3.8, 4) is 11.1 Å². The largest absolute Gasteiger partial charge is 0.380 e. The standard InChI is InChI=1S/C16H21ClN2O/c1-3-5-7-11(4-2)15-14(16(18)19-20-15)12-8-6-9-13(17)10-12/h6,8-11H,3-5,7H2,1-2H3,(H2,18,19). The molecule has 1 aromatic carbocycles. The minimum Gasteiger partial charge on any atom is -0.380 e. The predicted octanol–water partition coefficient (Wildman–Crippen LogP) is 5.26. The summed E-state index contributed by atoms with van der Waals surface area (Å²) in [6.45, 7) is 4.36. The molecule has 0 radical (unpaired) electrons. The molecule has 0 aliphatic heterocycles. The monoisotopic (exact) mass is 292 g/mol. The van der Waals surface area contributed by atoms with Crippen LogP contribution in [0.1, 0.15) is 51.2 Å². The van der Waals surface area contributed by atoms with Gasteiger partial charge in [-0.2, -0.15) is 0 Å². The molecule has 1 aromatic heterocycles. The normalized spacial score (nSPS) is 12.6. The molecule has 2 N–H and O–H groups in total. The number of halogens is 1. The Morgan fingerprint density at radius 1 is 1.35 bits per heavy atom. The van der Waals surface area contributed by atoms with Gasteiger partial charge >= 0.3 is 0 Å². The SMILES string of the molecule is CCCCC(CC)c1onc(N)c1-c1cccc(Cl)c1. The molecule has 0 bridgehead atoms. The third kappa shape index (κ3) is 3.15. The number of hydrogen-bond donors (Lipinski definition) is 1. The summed E-state index contributed by atoms with van der Waals surface area (Å²) < 4.78 is 5.52. The highest BCUT2D eigenvalue weighted by molar-refractivity contribution is 6.30. The van der Waals surface area contributed by atoms with Gasteiger partial charge in [0.2, 0.25) is 0 Å². The first-order valence-corrected chi connectivity index (χ1v) is 7.56. The number of nitrogen functional groups attached to an aromatic ring is 1. The Hall–Kier alpha value is -1.48. The maximum absolute atomic E-state index is 6.07. The van der Waals surface area contributed by atoms with Crippen molar-refractivity contribution in [3.05, 3.63) is 35.0 Å². The number of anilines is 1. The van der Waals surface area contributed by atoms with Crippen LogP contribution in [-0.2, 0) is 0 Å². The molecule has 20 heavy (non-hydrogen) atoms. The van der Waals surface area contributed by atoms with Crippen molar-refractivity contribution < 1.29 is 4.52 Å². The third-order valence-corrected chi connectivity index (χ3v) is 3.86. The zero-order valence-electron chi connectivity index (χ0n) is 12.0. The van der Waals surface area contributed by atoms with Crippen LogP contribution in [0.4, 0.5) is 5.82 Å². The van der Waals surface area contributed by atoms with Crippen molar-refractivity contribution in [1.82, 2.24) is 5.16 Å². The number of hydrogen-bond acceptors (Lipinski definition) is 3. The lowest BCUT2D eigenvalue weighted by Gasteiger charge is -2.13. The molecule has 0 fully saturated rings. The fourth-order valence-electron chi connectivity index (χ4n) is 2.50. The summed E-state index contributed by atoms with van der Waals surface area (Å²) in [5.74, 6) is 1.69. The molecule has 108 valence electrons. The van der Waals surface area contributed by atoms with E-state index >= 15 is 0 Å². The molecular formula is C16H21ClN2O. The second-order valence-corrected chi connectivity index (χ2v) is 5.50. The Morgan fingerprint density at radius 2 is 2.15 bits per heavy atom. The lowest BCUT2D eigenvalue weighted by atomic mass is 9.91. The molecule has 2 rings (SSSR count). The molecular weight excluding hydrogens is 272 g/mol. The summed E-state index contributed by atoms with van der Waals surface area (Å²) in [5, 5.41) is 4.65. The van der Waals surface area contributed by atoms with E-state index in [0.717, 1.165) is 29.7 Å². The van der Waals surface area contributed by atoms with Crippen molar-refractivity contribution >= 4 is 17.4 Å². The minimum absolute atomic E-state index is 0.355. The van der Waals surface area contributed by atoms with E-state index in [1.54, 1.807) is 0 Å². The second kappa shape index (κ2) is 6.80. The summed E-state index contributed by atoms with van der Waals surface area (Å²) in [7, 11) is 0. The van der Waals surface area contributed by atoms with Crippen molar-refractivity contribution in [2.75, 3.05) is 5.73 Å². The van der Waals surface area contributed by atoms with Crippen LogP contribution < -0.4 is 5.73 Å². The molecule has 3 nitrogen and oxygen atoms in total. The van der Waals surface area contributed by atoms with Crippen LogP contribution in [0.15, 0.2) is 28.8 Å². The molecule has 1 unspecified atom stereocenters. The van der Waals surface area contributed by atoms with Gasteiger partial charge in [-0.05, 0) is 30.5 Å². The summed E-state index contributed by atoms with van der Waals surface area (Å²) >= 11 is 6.07. The van der Waals surface area contributed by atoms with Gasteiger partial charge in [-0.15, -0.1) is 0 Å². The first-order chi connectivity index (χ1) is 9.67. The van der Waals surface area contributed by atoms with E-state index in [0.29, 0.717) is 16.8 Å². The average molecular weight is 293 g/mol. The number of nitrogens with zero attached hydrogens (tertiary/aromatic N) is 1. The van der Waals surface area contributed by atoms with E-state index in [1.165, 1.54) is 12.8 Å². The Morgan fingerprint density at radius 3 is 2.80 bits per heavy atom. The first kappa shape index (κ1) is 14.9. The highest BCUT2D eigenvalue weighted by Crippen LogP contribution is 2.38. The van der Waals surface area contributed by atoms with Crippen LogP contribution >= 0.6 is 11.6 Å². The van der Waals surface area contributed by atoms with Crippen molar-refractivity contribution in [1.29, 1.82) is 0 Å². The summed E-state index contributed by atoms with van der Waals surface area (Å²) in [5.41, 5.74) is 7.87. The number of nitrogens with two attached hydrogens (primary N) is 1. The average Bonchev–Trinajstić information content (AvgIpc) is 2.82. The van der Waals surface area contributed by atoms with Gasteiger partial charge < -0.3 is 10.3 Å². The summed E-state index contributed by atoms with van der Waals surface area (Å²) in [6.07, 6.45) is 4.46. The summed E-state index contributed by atoms with van der Waals surface area (Å²) in [6, 6.07) is 7.66. The van der Waals surface area contributed by atoms with Crippen LogP contribution in [-0.4, -0.2) is 5.16 Å². The van der Waals surface area contributed by atoms with E-state index in [9.17, 15) is 0 Å². The molecule has 1 heterocycles. The van der Waals surface area contributed by atoms with Gasteiger partial charge in [0.15, 0.2) is 5.82 Å². The third-order valence-electron chi connectivity index (χ3n) is 3.63. The maximum Gasteiger partial charge on any atom is 0.175 e. The number of rotatable bonds is 6. The van der Waals surface area contributed by atoms with E-state index < -0.39 is 0 Å². The molecule has 2 aromatic rings. The lowest BCUT2D eigenvalue weighted by molar-refractivity contribution is 0.349. The zero-order valence-corrected chi connectivity index (χ0v) is 12.8. The number of unbranched alkanes of at least 4 members (excludes halogenated alkanes) is 1. The van der Waals surface area contributed by atoms with Crippen LogP contribution in [0.5, 0.6) is 0 Å². The highest BCUT2D eigenvalue weighted by atomic mass is 35.5. The van der Waals surface area contributed by atoms with Gasteiger partial charge in [0, 0.05) is 10.9 Å². The minimum atomic E-state index is 0.355. The van der Waals surface area contributed by atoms with Crippen LogP contribution in [0, 0.1) is 0 Å². The van der Waals surface area contributed by atoms with Gasteiger partial charge in [-0.1, -0.05) is 55.6 Å². The Labute approximate surface area is 125 Å². The Bertz CT molecular complexity index is 565. The Balaban J connectivity index is 2.40. The van der Waals surface area contributed by atoms with Gasteiger partial charge in [0.25, 0.3) is 0 Å². The van der Waals surface area contributed by atoms with E-state index in [1.807, 2.05) is 24.3 Å². The molecule has 0 amide bonds.